The van der Waals surface area contributed by atoms with Gasteiger partial charge in [-0.05, 0) is 51.4 Å². The molecule has 1 amide bonds. The number of nitrogens with one attached hydrogen (secondary N) is 1. The highest BCUT2D eigenvalue weighted by molar-refractivity contribution is 5.80. The molecule has 0 aromatic heterocycles. The zero-order chi connectivity index (χ0) is 48.3. The lowest BCUT2D eigenvalue weighted by Crippen LogP contribution is -2.60. The fourth-order valence-electron chi connectivity index (χ4n) is 8.93. The monoisotopic (exact) mass is 940 g/mol. The molecule has 1 aliphatic heterocycles. The van der Waals surface area contributed by atoms with Crippen LogP contribution in [0.4, 0.5) is 0 Å². The van der Waals surface area contributed by atoms with Crippen molar-refractivity contribution in [3.8, 4) is 0 Å². The number of aliphatic hydroxyl groups excluding tert-OH is 7. The maximum absolute atomic E-state index is 13.1. The molecule has 66 heavy (non-hydrogen) atoms. The summed E-state index contributed by atoms with van der Waals surface area (Å²) in [5.74, 6) is -0.707. The summed E-state index contributed by atoms with van der Waals surface area (Å²) in [5, 5.41) is 75.9. The van der Waals surface area contributed by atoms with Crippen LogP contribution in [0.5, 0.6) is 0 Å². The van der Waals surface area contributed by atoms with Crippen molar-refractivity contribution in [3.63, 3.8) is 0 Å². The van der Waals surface area contributed by atoms with Gasteiger partial charge in [-0.1, -0.05) is 224 Å². The number of amides is 1. The average molecular weight is 940 g/mol. The van der Waals surface area contributed by atoms with E-state index in [4.69, 9.17) is 9.47 Å². The normalized spacial score (nSPS) is 20.9. The summed E-state index contributed by atoms with van der Waals surface area (Å²) in [6, 6.07) is -1.19. The summed E-state index contributed by atoms with van der Waals surface area (Å²) in [6.07, 6.45) is 40.9. The van der Waals surface area contributed by atoms with Crippen LogP contribution in [0.25, 0.3) is 0 Å². The first-order chi connectivity index (χ1) is 32.2. The van der Waals surface area contributed by atoms with E-state index in [1.54, 1.807) is 0 Å². The van der Waals surface area contributed by atoms with Gasteiger partial charge >= 0.3 is 0 Å². The van der Waals surface area contributed by atoms with Crippen LogP contribution in [-0.2, 0) is 14.3 Å². The van der Waals surface area contributed by atoms with Crippen LogP contribution >= 0.6 is 0 Å². The third-order valence-corrected chi connectivity index (χ3v) is 13.5. The molecule has 0 aliphatic carbocycles. The fourth-order valence-corrected chi connectivity index (χ4v) is 8.93. The van der Waals surface area contributed by atoms with Gasteiger partial charge < -0.3 is 50.5 Å². The quantitative estimate of drug-likeness (QED) is 0.0215. The van der Waals surface area contributed by atoms with Crippen molar-refractivity contribution in [1.82, 2.24) is 5.32 Å². The summed E-state index contributed by atoms with van der Waals surface area (Å²) in [4.78, 5) is 13.1. The largest absolute Gasteiger partial charge is 0.394 e. The molecule has 11 heteroatoms. The van der Waals surface area contributed by atoms with E-state index >= 15 is 0 Å². The standard InChI is InChI=1S/C55H105NO10/c1-3-5-7-9-11-13-15-17-19-20-21-22-23-24-25-26-27-29-31-33-35-37-39-41-43-48(59)54(64)56-46(45-65-55-53(63)52(62)51(61)49(44-57)66-55)50(60)47(58)42-40-38-36-34-32-30-28-18-16-14-12-10-8-6-4-2/h18,28,34,36,46-53,55,57-63H,3-17,19-27,29-33,35,37-45H2,1-2H3,(H,56,64)/b28-18+,36-34+. The molecule has 0 bridgehead atoms. The van der Waals surface area contributed by atoms with E-state index in [-0.39, 0.29) is 12.8 Å². The van der Waals surface area contributed by atoms with Crippen molar-refractivity contribution in [2.75, 3.05) is 13.2 Å². The summed E-state index contributed by atoms with van der Waals surface area (Å²) in [6.45, 7) is 3.44. The summed E-state index contributed by atoms with van der Waals surface area (Å²) >= 11 is 0. The van der Waals surface area contributed by atoms with Crippen LogP contribution in [0.15, 0.2) is 24.3 Å². The molecule has 8 N–H and O–H groups in total. The smallest absolute Gasteiger partial charge is 0.249 e. The van der Waals surface area contributed by atoms with Gasteiger partial charge in [0.05, 0.1) is 25.4 Å². The molecule has 1 aliphatic rings. The van der Waals surface area contributed by atoms with Gasteiger partial charge in [0.2, 0.25) is 5.91 Å². The maximum Gasteiger partial charge on any atom is 0.249 e. The molecule has 1 heterocycles. The van der Waals surface area contributed by atoms with Crippen molar-refractivity contribution >= 4 is 5.91 Å². The van der Waals surface area contributed by atoms with Gasteiger partial charge in [-0.25, -0.2) is 0 Å². The Bertz CT molecular complexity index is 1120. The summed E-state index contributed by atoms with van der Waals surface area (Å²) in [5.41, 5.74) is 0. The maximum atomic E-state index is 13.1. The third kappa shape index (κ3) is 33.2. The zero-order valence-electron chi connectivity index (χ0n) is 42.4. The van der Waals surface area contributed by atoms with Gasteiger partial charge in [0.25, 0.3) is 0 Å². The number of ether oxygens (including phenoxy) is 2. The van der Waals surface area contributed by atoms with Crippen LogP contribution in [0, 0.1) is 0 Å². The first-order valence-corrected chi connectivity index (χ1v) is 27.7. The number of rotatable bonds is 47. The summed E-state index contributed by atoms with van der Waals surface area (Å²) < 4.78 is 11.1. The Morgan fingerprint density at radius 3 is 1.35 bits per heavy atom. The second-order valence-electron chi connectivity index (χ2n) is 19.6. The summed E-state index contributed by atoms with van der Waals surface area (Å²) in [7, 11) is 0. The second kappa shape index (κ2) is 44.8. The van der Waals surface area contributed by atoms with E-state index in [0.29, 0.717) is 19.3 Å². The number of carbonyl (C=O) groups is 1. The number of unbranched alkanes of at least 4 members (excludes halogenated alkanes) is 31. The van der Waals surface area contributed by atoms with Gasteiger partial charge in [0.1, 0.15) is 36.6 Å². The number of hydrogen-bond acceptors (Lipinski definition) is 10. The highest BCUT2D eigenvalue weighted by Crippen LogP contribution is 2.23. The minimum Gasteiger partial charge on any atom is -0.394 e. The minimum absolute atomic E-state index is 0.248. The SMILES string of the molecule is CCCCCCCC/C=C/CC/C=C/CCCC(O)C(O)C(COC1OC(CO)C(O)C(O)C1O)NC(=O)C(O)CCCCCCCCCCCCCCCCCCCCCCCCCC. The highest BCUT2D eigenvalue weighted by Gasteiger charge is 2.44. The molecule has 11 nitrogen and oxygen atoms in total. The van der Waals surface area contributed by atoms with E-state index in [1.165, 1.54) is 167 Å². The van der Waals surface area contributed by atoms with Crippen molar-refractivity contribution in [2.45, 2.75) is 306 Å². The molecular weight excluding hydrogens is 835 g/mol. The van der Waals surface area contributed by atoms with Gasteiger partial charge in [0.15, 0.2) is 6.29 Å². The molecule has 1 fully saturated rings. The minimum atomic E-state index is -1.67. The van der Waals surface area contributed by atoms with Gasteiger partial charge in [-0.15, -0.1) is 0 Å². The lowest BCUT2D eigenvalue weighted by Gasteiger charge is -2.40. The van der Waals surface area contributed by atoms with Crippen molar-refractivity contribution in [2.24, 2.45) is 0 Å². The lowest BCUT2D eigenvalue weighted by molar-refractivity contribution is -0.303. The molecule has 0 saturated carbocycles. The fraction of sp³-hybridized carbons (Fsp3) is 0.909. The predicted molar refractivity (Wildman–Crippen MR) is 270 cm³/mol. The average Bonchev–Trinajstić information content (AvgIpc) is 3.32. The van der Waals surface area contributed by atoms with E-state index in [1.807, 2.05) is 0 Å². The molecule has 1 rings (SSSR count). The Hall–Kier alpha value is -1.41. The molecule has 0 radical (unpaired) electrons. The molecule has 0 aromatic carbocycles. The van der Waals surface area contributed by atoms with Crippen molar-refractivity contribution in [3.05, 3.63) is 24.3 Å². The van der Waals surface area contributed by atoms with Crippen LogP contribution in [-0.4, -0.2) is 110 Å². The molecular formula is C55H105NO10. The Kier molecular flexibility index (Phi) is 42.5. The Morgan fingerprint density at radius 1 is 0.515 bits per heavy atom. The van der Waals surface area contributed by atoms with Crippen LogP contribution in [0.3, 0.4) is 0 Å². The Morgan fingerprint density at radius 2 is 0.909 bits per heavy atom. The first-order valence-electron chi connectivity index (χ1n) is 27.7. The molecule has 390 valence electrons. The van der Waals surface area contributed by atoms with Crippen LogP contribution in [0.2, 0.25) is 0 Å². The van der Waals surface area contributed by atoms with E-state index in [0.717, 1.165) is 38.5 Å². The van der Waals surface area contributed by atoms with Crippen LogP contribution in [0.1, 0.15) is 251 Å². The lowest BCUT2D eigenvalue weighted by atomic mass is 9.98. The zero-order valence-corrected chi connectivity index (χ0v) is 42.4. The van der Waals surface area contributed by atoms with Gasteiger partial charge in [-0.3, -0.25) is 4.79 Å². The number of aliphatic hydroxyl groups is 7. The first kappa shape index (κ1) is 62.6. The topological polar surface area (TPSA) is 189 Å². The molecule has 9 unspecified atom stereocenters. The second-order valence-corrected chi connectivity index (χ2v) is 19.6. The number of hydrogen-bond donors (Lipinski definition) is 8. The number of carbonyl (C=O) groups excluding carboxylic acids is 1. The Balaban J connectivity index is 2.32. The number of allylic oxidation sites excluding steroid dienone is 4. The van der Waals surface area contributed by atoms with E-state index in [9.17, 15) is 40.5 Å². The molecule has 1 saturated heterocycles. The highest BCUT2D eigenvalue weighted by atomic mass is 16.7. The third-order valence-electron chi connectivity index (χ3n) is 13.5. The molecule has 0 aromatic rings. The van der Waals surface area contributed by atoms with Crippen LogP contribution < -0.4 is 5.32 Å². The Labute approximate surface area is 404 Å². The molecule has 9 atom stereocenters. The van der Waals surface area contributed by atoms with E-state index < -0.39 is 74.2 Å². The van der Waals surface area contributed by atoms with E-state index in [2.05, 4.69) is 43.5 Å². The van der Waals surface area contributed by atoms with Crippen molar-refractivity contribution < 1.29 is 50.0 Å². The van der Waals surface area contributed by atoms with Gasteiger partial charge in [-0.2, -0.15) is 0 Å². The predicted octanol–water partition coefficient (Wildman–Crippen LogP) is 11.0. The molecule has 0 spiro atoms. The van der Waals surface area contributed by atoms with Gasteiger partial charge in [0, 0.05) is 0 Å². The van der Waals surface area contributed by atoms with Crippen molar-refractivity contribution in [1.29, 1.82) is 0 Å².